The lowest BCUT2D eigenvalue weighted by molar-refractivity contribution is 0.171. The zero-order valence-corrected chi connectivity index (χ0v) is 15.0. The molecule has 0 fully saturated rings. The maximum atomic E-state index is 12.6. The number of hydrogen-bond donors (Lipinski definition) is 1. The summed E-state index contributed by atoms with van der Waals surface area (Å²) in [5.41, 5.74) is 2.63. The highest BCUT2D eigenvalue weighted by atomic mass is 16.6. The summed E-state index contributed by atoms with van der Waals surface area (Å²) in [7, 11) is 0. The van der Waals surface area contributed by atoms with Gasteiger partial charge < -0.3 is 19.7 Å². The minimum absolute atomic E-state index is 0.162. The number of fused-ring (bicyclic) bond motifs is 2. The van der Waals surface area contributed by atoms with Crippen LogP contribution in [0.1, 0.15) is 30.9 Å². The number of nitrogens with one attached hydrogen (secondary N) is 1. The highest BCUT2D eigenvalue weighted by molar-refractivity contribution is 5.90. The molecule has 0 aliphatic carbocycles. The molecule has 1 N–H and O–H groups in total. The largest absolute Gasteiger partial charge is 0.486 e. The number of carbonyl (C=O) groups excluding carboxylic acids is 1. The predicted octanol–water partition coefficient (Wildman–Crippen LogP) is 2.99. The molecule has 7 heteroatoms. The molecule has 2 aliphatic rings. The highest BCUT2D eigenvalue weighted by Gasteiger charge is 2.25. The summed E-state index contributed by atoms with van der Waals surface area (Å²) in [4.78, 5) is 23.4. The fraction of sp³-hybridized carbons (Fsp3) is 0.421. The number of benzene rings is 1. The third-order valence-corrected chi connectivity index (χ3v) is 4.38. The number of hydrogen-bond acceptors (Lipinski definition) is 5. The summed E-state index contributed by atoms with van der Waals surface area (Å²) in [6, 6.07) is 5.25. The van der Waals surface area contributed by atoms with Gasteiger partial charge in [0.05, 0.1) is 18.8 Å². The smallest absolute Gasteiger partial charge is 0.322 e. The second-order valence-corrected chi connectivity index (χ2v) is 7.00. The van der Waals surface area contributed by atoms with E-state index in [1.165, 1.54) is 0 Å². The van der Waals surface area contributed by atoms with E-state index in [0.29, 0.717) is 49.4 Å². The van der Waals surface area contributed by atoms with Gasteiger partial charge in [0.15, 0.2) is 11.5 Å². The van der Waals surface area contributed by atoms with Crippen molar-refractivity contribution in [3.63, 3.8) is 0 Å². The molecule has 7 nitrogen and oxygen atoms in total. The molecule has 0 bridgehead atoms. The van der Waals surface area contributed by atoms with E-state index in [4.69, 9.17) is 9.47 Å². The molecule has 4 rings (SSSR count). The lowest BCUT2D eigenvalue weighted by Gasteiger charge is -2.20. The second-order valence-electron chi connectivity index (χ2n) is 7.00. The van der Waals surface area contributed by atoms with Crippen LogP contribution in [-0.2, 0) is 19.5 Å². The number of carbonyl (C=O) groups is 1. The lowest BCUT2D eigenvalue weighted by atomic mass is 10.1. The topological polar surface area (TPSA) is 76.6 Å². The van der Waals surface area contributed by atoms with Gasteiger partial charge >= 0.3 is 6.03 Å². The third kappa shape index (κ3) is 3.42. The van der Waals surface area contributed by atoms with Crippen molar-refractivity contribution >= 4 is 11.7 Å². The van der Waals surface area contributed by atoms with Gasteiger partial charge in [-0.2, -0.15) is 0 Å². The van der Waals surface area contributed by atoms with Crippen LogP contribution in [0.2, 0.25) is 0 Å². The molecule has 2 aliphatic heterocycles. The maximum absolute atomic E-state index is 12.6. The average molecular weight is 354 g/mol. The minimum Gasteiger partial charge on any atom is -0.486 e. The van der Waals surface area contributed by atoms with Crippen LogP contribution in [0.4, 0.5) is 10.5 Å². The van der Waals surface area contributed by atoms with Crippen LogP contribution in [0.25, 0.3) is 0 Å². The molecule has 1 aromatic heterocycles. The summed E-state index contributed by atoms with van der Waals surface area (Å²) >= 11 is 0. The Hall–Kier alpha value is -2.83. The number of nitrogens with zero attached hydrogens (tertiary/aromatic N) is 3. The van der Waals surface area contributed by atoms with Crippen molar-refractivity contribution in [3.05, 3.63) is 41.5 Å². The SMILES string of the molecule is CC(C)Cc1ncc2c(n1)CN(C(=O)Nc1ccc3c(c1)OCCO3)C2. The molecule has 26 heavy (non-hydrogen) atoms. The van der Waals surface area contributed by atoms with E-state index in [1.807, 2.05) is 18.3 Å². The summed E-state index contributed by atoms with van der Waals surface area (Å²) in [5.74, 6) is 2.70. The van der Waals surface area contributed by atoms with E-state index in [9.17, 15) is 4.79 Å². The van der Waals surface area contributed by atoms with Crippen LogP contribution >= 0.6 is 0 Å². The first-order valence-electron chi connectivity index (χ1n) is 8.88. The molecular formula is C19H22N4O3. The van der Waals surface area contributed by atoms with Crippen LogP contribution in [-0.4, -0.2) is 34.1 Å². The van der Waals surface area contributed by atoms with Crippen LogP contribution in [0.15, 0.2) is 24.4 Å². The molecule has 0 saturated heterocycles. The highest BCUT2D eigenvalue weighted by Crippen LogP contribution is 2.33. The Bertz CT molecular complexity index is 838. The van der Waals surface area contributed by atoms with E-state index < -0.39 is 0 Å². The van der Waals surface area contributed by atoms with Gasteiger partial charge in [-0.1, -0.05) is 13.8 Å². The van der Waals surface area contributed by atoms with Gasteiger partial charge in [-0.3, -0.25) is 0 Å². The molecule has 0 saturated carbocycles. The van der Waals surface area contributed by atoms with E-state index in [1.54, 1.807) is 11.0 Å². The number of aromatic nitrogens is 2. The van der Waals surface area contributed by atoms with Crippen molar-refractivity contribution in [2.75, 3.05) is 18.5 Å². The monoisotopic (exact) mass is 354 g/mol. The van der Waals surface area contributed by atoms with Gasteiger partial charge in [0.1, 0.15) is 19.0 Å². The Labute approximate surface area is 152 Å². The molecule has 3 heterocycles. The van der Waals surface area contributed by atoms with E-state index in [2.05, 4.69) is 29.1 Å². The second kappa shape index (κ2) is 6.82. The lowest BCUT2D eigenvalue weighted by Crippen LogP contribution is -2.30. The molecule has 0 spiro atoms. The van der Waals surface area contributed by atoms with Gasteiger partial charge in [-0.05, 0) is 18.1 Å². The van der Waals surface area contributed by atoms with Crippen molar-refractivity contribution in [2.45, 2.75) is 33.4 Å². The first-order valence-corrected chi connectivity index (χ1v) is 8.88. The Morgan fingerprint density at radius 2 is 2.04 bits per heavy atom. The third-order valence-electron chi connectivity index (χ3n) is 4.38. The number of anilines is 1. The van der Waals surface area contributed by atoms with Gasteiger partial charge in [-0.15, -0.1) is 0 Å². The number of amides is 2. The number of rotatable bonds is 3. The number of ether oxygens (including phenoxy) is 2. The zero-order valence-electron chi connectivity index (χ0n) is 15.0. The van der Waals surface area contributed by atoms with Crippen LogP contribution in [0.5, 0.6) is 11.5 Å². The van der Waals surface area contributed by atoms with Crippen molar-refractivity contribution in [1.29, 1.82) is 0 Å². The Morgan fingerprint density at radius 3 is 2.85 bits per heavy atom. The Kier molecular flexibility index (Phi) is 4.36. The van der Waals surface area contributed by atoms with Crippen LogP contribution < -0.4 is 14.8 Å². The quantitative estimate of drug-likeness (QED) is 0.917. The van der Waals surface area contributed by atoms with Gasteiger partial charge in [0.2, 0.25) is 0 Å². The maximum Gasteiger partial charge on any atom is 0.322 e. The van der Waals surface area contributed by atoms with Crippen molar-refractivity contribution < 1.29 is 14.3 Å². The molecule has 2 amide bonds. The van der Waals surface area contributed by atoms with Crippen LogP contribution in [0.3, 0.4) is 0 Å². The Balaban J connectivity index is 1.43. The predicted molar refractivity (Wildman–Crippen MR) is 96.3 cm³/mol. The molecule has 0 unspecified atom stereocenters. The molecule has 0 radical (unpaired) electrons. The van der Waals surface area contributed by atoms with Crippen LogP contribution in [0, 0.1) is 5.92 Å². The minimum atomic E-state index is -0.162. The normalized spacial score (nSPS) is 15.1. The van der Waals surface area contributed by atoms with Gasteiger partial charge in [-0.25, -0.2) is 14.8 Å². The van der Waals surface area contributed by atoms with Crippen molar-refractivity contribution in [3.8, 4) is 11.5 Å². The molecule has 136 valence electrons. The fourth-order valence-corrected chi connectivity index (χ4v) is 3.13. The van der Waals surface area contributed by atoms with Crippen molar-refractivity contribution in [1.82, 2.24) is 14.9 Å². The summed E-state index contributed by atoms with van der Waals surface area (Å²) in [6.45, 7) is 6.37. The summed E-state index contributed by atoms with van der Waals surface area (Å²) in [6.07, 6.45) is 2.69. The zero-order chi connectivity index (χ0) is 18.1. The molecular weight excluding hydrogens is 332 g/mol. The van der Waals surface area contributed by atoms with Gasteiger partial charge in [0, 0.05) is 29.9 Å². The molecule has 2 aromatic rings. The Morgan fingerprint density at radius 1 is 1.23 bits per heavy atom. The van der Waals surface area contributed by atoms with Crippen molar-refractivity contribution in [2.24, 2.45) is 5.92 Å². The molecule has 0 atom stereocenters. The fourth-order valence-electron chi connectivity index (χ4n) is 3.13. The van der Waals surface area contributed by atoms with E-state index in [-0.39, 0.29) is 6.03 Å². The van der Waals surface area contributed by atoms with E-state index >= 15 is 0 Å². The van der Waals surface area contributed by atoms with E-state index in [0.717, 1.165) is 23.5 Å². The summed E-state index contributed by atoms with van der Waals surface area (Å²) < 4.78 is 11.1. The first-order chi connectivity index (χ1) is 12.6. The average Bonchev–Trinajstić information content (AvgIpc) is 3.04. The number of urea groups is 1. The molecule has 1 aromatic carbocycles. The standard InChI is InChI=1S/C19H22N4O3/c1-12(2)7-18-20-9-13-10-23(11-15(13)22-18)19(24)21-14-3-4-16-17(8-14)26-6-5-25-16/h3-4,8-9,12H,5-7,10-11H2,1-2H3,(H,21,24). The van der Waals surface area contributed by atoms with Gasteiger partial charge in [0.25, 0.3) is 0 Å². The first kappa shape index (κ1) is 16.6. The summed E-state index contributed by atoms with van der Waals surface area (Å²) in [5, 5.41) is 2.92.